The van der Waals surface area contributed by atoms with Gasteiger partial charge in [0.15, 0.2) is 18.1 Å². The minimum Gasteiger partial charge on any atom is -0.493 e. The number of amides is 1. The SMILES string of the molecule is CNCc1cccc(OC)c1OCC(=O)NC(C)(C)C. The summed E-state index contributed by atoms with van der Waals surface area (Å²) in [5.74, 6) is 1.08. The first-order valence-electron chi connectivity index (χ1n) is 6.61. The topological polar surface area (TPSA) is 59.6 Å². The standard InChI is InChI=1S/C15H24N2O3/c1-15(2,3)17-13(18)10-20-14-11(9-16-4)7-6-8-12(14)19-5/h6-8,16H,9-10H2,1-5H3,(H,17,18). The van der Waals surface area contributed by atoms with Crippen molar-refractivity contribution in [1.29, 1.82) is 0 Å². The van der Waals surface area contributed by atoms with Crippen LogP contribution in [-0.2, 0) is 11.3 Å². The van der Waals surface area contributed by atoms with Crippen molar-refractivity contribution in [3.63, 3.8) is 0 Å². The molecule has 0 saturated heterocycles. The van der Waals surface area contributed by atoms with Gasteiger partial charge < -0.3 is 20.1 Å². The van der Waals surface area contributed by atoms with E-state index in [9.17, 15) is 4.79 Å². The maximum atomic E-state index is 11.8. The van der Waals surface area contributed by atoms with Gasteiger partial charge >= 0.3 is 0 Å². The fourth-order valence-corrected chi connectivity index (χ4v) is 1.81. The molecule has 0 spiro atoms. The van der Waals surface area contributed by atoms with Crippen molar-refractivity contribution in [3.8, 4) is 11.5 Å². The van der Waals surface area contributed by atoms with Gasteiger partial charge in [-0.05, 0) is 33.9 Å². The Morgan fingerprint density at radius 3 is 2.55 bits per heavy atom. The summed E-state index contributed by atoms with van der Waals surface area (Å²) in [7, 11) is 3.44. The molecule has 0 fully saturated rings. The van der Waals surface area contributed by atoms with Gasteiger partial charge in [0, 0.05) is 17.6 Å². The molecule has 0 aromatic heterocycles. The Kier molecular flexibility index (Phi) is 5.82. The van der Waals surface area contributed by atoms with Crippen molar-refractivity contribution < 1.29 is 14.3 Å². The van der Waals surface area contributed by atoms with E-state index in [0.29, 0.717) is 18.0 Å². The Bertz CT molecular complexity index is 453. The minimum absolute atomic E-state index is 0.0334. The van der Waals surface area contributed by atoms with E-state index in [-0.39, 0.29) is 18.1 Å². The number of nitrogens with one attached hydrogen (secondary N) is 2. The third kappa shape index (κ3) is 5.09. The molecule has 2 N–H and O–H groups in total. The second-order valence-electron chi connectivity index (χ2n) is 5.57. The van der Waals surface area contributed by atoms with Gasteiger partial charge in [-0.25, -0.2) is 0 Å². The molecule has 0 saturated carbocycles. The van der Waals surface area contributed by atoms with E-state index < -0.39 is 0 Å². The van der Waals surface area contributed by atoms with Crippen LogP contribution in [-0.4, -0.2) is 32.2 Å². The highest BCUT2D eigenvalue weighted by molar-refractivity contribution is 5.78. The molecular formula is C15H24N2O3. The zero-order valence-electron chi connectivity index (χ0n) is 12.9. The average Bonchev–Trinajstić information content (AvgIpc) is 2.35. The largest absolute Gasteiger partial charge is 0.493 e. The van der Waals surface area contributed by atoms with Crippen LogP contribution in [0.15, 0.2) is 18.2 Å². The number of para-hydroxylation sites is 1. The molecule has 0 bridgehead atoms. The summed E-state index contributed by atoms with van der Waals surface area (Å²) in [5.41, 5.74) is 0.685. The van der Waals surface area contributed by atoms with Crippen LogP contribution in [0.25, 0.3) is 0 Å². The second kappa shape index (κ2) is 7.14. The predicted molar refractivity (Wildman–Crippen MR) is 79.1 cm³/mol. The molecule has 112 valence electrons. The molecule has 0 unspecified atom stereocenters. The number of carbonyl (C=O) groups is 1. The van der Waals surface area contributed by atoms with Gasteiger partial charge in [0.2, 0.25) is 0 Å². The third-order valence-corrected chi connectivity index (χ3v) is 2.51. The highest BCUT2D eigenvalue weighted by Gasteiger charge is 2.16. The summed E-state index contributed by atoms with van der Waals surface area (Å²) in [5, 5.41) is 5.92. The highest BCUT2D eigenvalue weighted by atomic mass is 16.5. The van der Waals surface area contributed by atoms with Gasteiger partial charge in [0.25, 0.3) is 5.91 Å². The second-order valence-corrected chi connectivity index (χ2v) is 5.57. The van der Waals surface area contributed by atoms with Crippen molar-refractivity contribution in [2.24, 2.45) is 0 Å². The molecule has 1 aromatic rings. The lowest BCUT2D eigenvalue weighted by molar-refractivity contribution is -0.124. The van der Waals surface area contributed by atoms with E-state index in [0.717, 1.165) is 5.56 Å². The molecule has 5 nitrogen and oxygen atoms in total. The van der Waals surface area contributed by atoms with Crippen molar-refractivity contribution >= 4 is 5.91 Å². The molecule has 0 aliphatic heterocycles. The maximum absolute atomic E-state index is 11.8. The summed E-state index contributed by atoms with van der Waals surface area (Å²) in [6.07, 6.45) is 0. The Morgan fingerprint density at radius 1 is 1.30 bits per heavy atom. The lowest BCUT2D eigenvalue weighted by Crippen LogP contribution is -2.43. The molecule has 0 aliphatic rings. The van der Waals surface area contributed by atoms with Crippen LogP contribution in [0, 0.1) is 0 Å². The van der Waals surface area contributed by atoms with E-state index in [1.54, 1.807) is 7.11 Å². The Labute approximate surface area is 120 Å². The van der Waals surface area contributed by atoms with Crippen LogP contribution < -0.4 is 20.1 Å². The van der Waals surface area contributed by atoms with Crippen molar-refractivity contribution in [2.45, 2.75) is 32.9 Å². The van der Waals surface area contributed by atoms with Crippen LogP contribution in [0.2, 0.25) is 0 Å². The monoisotopic (exact) mass is 280 g/mol. The quantitative estimate of drug-likeness (QED) is 0.833. The summed E-state index contributed by atoms with van der Waals surface area (Å²) < 4.78 is 10.9. The van der Waals surface area contributed by atoms with Gasteiger partial charge in [0.1, 0.15) is 0 Å². The molecule has 0 radical (unpaired) electrons. The van der Waals surface area contributed by atoms with Crippen molar-refractivity contribution in [3.05, 3.63) is 23.8 Å². The van der Waals surface area contributed by atoms with E-state index in [1.165, 1.54) is 0 Å². The van der Waals surface area contributed by atoms with Gasteiger partial charge in [-0.1, -0.05) is 12.1 Å². The van der Waals surface area contributed by atoms with E-state index in [1.807, 2.05) is 46.0 Å². The fourth-order valence-electron chi connectivity index (χ4n) is 1.81. The molecule has 0 atom stereocenters. The highest BCUT2D eigenvalue weighted by Crippen LogP contribution is 2.30. The molecule has 1 aromatic carbocycles. The van der Waals surface area contributed by atoms with Crippen LogP contribution in [0.4, 0.5) is 0 Å². The first kappa shape index (κ1) is 16.3. The lowest BCUT2D eigenvalue weighted by Gasteiger charge is -2.21. The first-order valence-corrected chi connectivity index (χ1v) is 6.61. The number of rotatable bonds is 6. The van der Waals surface area contributed by atoms with Crippen molar-refractivity contribution in [2.75, 3.05) is 20.8 Å². The molecule has 0 aliphatic carbocycles. The number of methoxy groups -OCH3 is 1. The van der Waals surface area contributed by atoms with Crippen LogP contribution in [0.3, 0.4) is 0 Å². The van der Waals surface area contributed by atoms with Gasteiger partial charge in [0.05, 0.1) is 7.11 Å². The maximum Gasteiger partial charge on any atom is 0.258 e. The molecular weight excluding hydrogens is 256 g/mol. The Morgan fingerprint density at radius 2 is 2.00 bits per heavy atom. The zero-order valence-corrected chi connectivity index (χ0v) is 12.9. The van der Waals surface area contributed by atoms with Crippen molar-refractivity contribution in [1.82, 2.24) is 10.6 Å². The van der Waals surface area contributed by atoms with E-state index in [2.05, 4.69) is 10.6 Å². The average molecular weight is 280 g/mol. The Balaban J connectivity index is 2.78. The summed E-state index contributed by atoms with van der Waals surface area (Å²) >= 11 is 0. The summed E-state index contributed by atoms with van der Waals surface area (Å²) in [6.45, 7) is 6.41. The van der Waals surface area contributed by atoms with Gasteiger partial charge in [-0.2, -0.15) is 0 Å². The number of ether oxygens (including phenoxy) is 2. The molecule has 0 heterocycles. The smallest absolute Gasteiger partial charge is 0.258 e. The number of benzene rings is 1. The predicted octanol–water partition coefficient (Wildman–Crippen LogP) is 1.71. The number of hydrogen-bond acceptors (Lipinski definition) is 4. The lowest BCUT2D eigenvalue weighted by atomic mass is 10.1. The van der Waals surface area contributed by atoms with Crippen LogP contribution in [0.1, 0.15) is 26.3 Å². The number of hydrogen-bond donors (Lipinski definition) is 2. The fraction of sp³-hybridized carbons (Fsp3) is 0.533. The molecule has 20 heavy (non-hydrogen) atoms. The molecule has 5 heteroatoms. The molecule has 1 rings (SSSR count). The summed E-state index contributed by atoms with van der Waals surface area (Å²) in [4.78, 5) is 11.8. The minimum atomic E-state index is -0.269. The van der Waals surface area contributed by atoms with E-state index >= 15 is 0 Å². The Hall–Kier alpha value is -1.75. The van der Waals surface area contributed by atoms with Gasteiger partial charge in [-0.3, -0.25) is 4.79 Å². The normalized spacial score (nSPS) is 11.1. The first-order chi connectivity index (χ1) is 9.37. The third-order valence-electron chi connectivity index (χ3n) is 2.51. The number of carbonyl (C=O) groups excluding carboxylic acids is 1. The van der Waals surface area contributed by atoms with Crippen LogP contribution >= 0.6 is 0 Å². The van der Waals surface area contributed by atoms with E-state index in [4.69, 9.17) is 9.47 Å². The molecule has 1 amide bonds. The van der Waals surface area contributed by atoms with Crippen LogP contribution in [0.5, 0.6) is 11.5 Å². The zero-order chi connectivity index (χ0) is 15.2. The van der Waals surface area contributed by atoms with Gasteiger partial charge in [-0.15, -0.1) is 0 Å². The summed E-state index contributed by atoms with van der Waals surface area (Å²) in [6, 6.07) is 5.65.